The van der Waals surface area contributed by atoms with Gasteiger partial charge in [-0.2, -0.15) is 0 Å². The number of nitrogens with one attached hydrogen (secondary N) is 1. The molecule has 2 aliphatic heterocycles. The van der Waals surface area contributed by atoms with E-state index in [1.165, 1.54) is 37.9 Å². The highest BCUT2D eigenvalue weighted by Gasteiger charge is 2.21. The Morgan fingerprint density at radius 2 is 2.00 bits per heavy atom. The molecule has 0 amide bonds. The van der Waals surface area contributed by atoms with Crippen LogP contribution in [0.3, 0.4) is 0 Å². The van der Waals surface area contributed by atoms with Crippen LogP contribution in [0.2, 0.25) is 0 Å². The van der Waals surface area contributed by atoms with Crippen LogP contribution >= 0.6 is 11.8 Å². The number of benzene rings is 1. The van der Waals surface area contributed by atoms with Gasteiger partial charge in [0.05, 0.1) is 6.04 Å². The molecule has 1 fully saturated rings. The highest BCUT2D eigenvalue weighted by Crippen LogP contribution is 2.29. The first-order chi connectivity index (χ1) is 10.3. The van der Waals surface area contributed by atoms with Crippen molar-refractivity contribution in [2.24, 2.45) is 4.99 Å². The summed E-state index contributed by atoms with van der Waals surface area (Å²) in [5.41, 5.74) is 1.32. The third-order valence-corrected chi connectivity index (χ3v) is 5.17. The zero-order chi connectivity index (χ0) is 14.5. The van der Waals surface area contributed by atoms with Crippen LogP contribution in [-0.2, 0) is 0 Å². The van der Waals surface area contributed by atoms with Gasteiger partial charge in [-0.05, 0) is 38.4 Å². The van der Waals surface area contributed by atoms with E-state index in [1.807, 2.05) is 11.8 Å². The first kappa shape index (κ1) is 14.9. The molecule has 1 aromatic carbocycles. The van der Waals surface area contributed by atoms with Gasteiger partial charge in [-0.25, -0.2) is 0 Å². The monoisotopic (exact) mass is 303 g/mol. The minimum Gasteiger partial charge on any atom is -0.361 e. The predicted molar refractivity (Wildman–Crippen MR) is 92.0 cm³/mol. The first-order valence-corrected chi connectivity index (χ1v) is 9.04. The Hall–Kier alpha value is -1.00. The van der Waals surface area contributed by atoms with E-state index in [-0.39, 0.29) is 0 Å². The maximum absolute atomic E-state index is 4.84. The van der Waals surface area contributed by atoms with Crippen molar-refractivity contribution in [2.45, 2.75) is 38.3 Å². The van der Waals surface area contributed by atoms with Crippen molar-refractivity contribution in [2.75, 3.05) is 25.4 Å². The lowest BCUT2D eigenvalue weighted by atomic mass is 10.1. The van der Waals surface area contributed by atoms with Crippen molar-refractivity contribution in [3.8, 4) is 0 Å². The molecular formula is C17H25N3S. The van der Waals surface area contributed by atoms with Crippen molar-refractivity contribution in [1.82, 2.24) is 10.2 Å². The molecule has 2 unspecified atom stereocenters. The molecule has 2 atom stereocenters. The van der Waals surface area contributed by atoms with Crippen molar-refractivity contribution in [3.05, 3.63) is 35.9 Å². The fraction of sp³-hybridized carbons (Fsp3) is 0.588. The van der Waals surface area contributed by atoms with Gasteiger partial charge in [0, 0.05) is 18.3 Å². The minimum absolute atomic E-state index is 0.320. The Morgan fingerprint density at radius 1 is 1.24 bits per heavy atom. The summed E-state index contributed by atoms with van der Waals surface area (Å²) in [5, 5.41) is 4.72. The highest BCUT2D eigenvalue weighted by molar-refractivity contribution is 8.14. The average molecular weight is 303 g/mol. The molecule has 0 spiro atoms. The first-order valence-electron chi connectivity index (χ1n) is 8.06. The van der Waals surface area contributed by atoms with Crippen LogP contribution in [0.4, 0.5) is 0 Å². The van der Waals surface area contributed by atoms with E-state index in [2.05, 4.69) is 47.5 Å². The second kappa shape index (κ2) is 7.32. The number of aliphatic imine (C=N–C) groups is 1. The molecule has 3 rings (SSSR count). The number of piperidine rings is 1. The van der Waals surface area contributed by atoms with Gasteiger partial charge in [0.25, 0.3) is 0 Å². The molecular weight excluding hydrogens is 278 g/mol. The molecule has 1 N–H and O–H groups in total. The van der Waals surface area contributed by atoms with Gasteiger partial charge in [-0.15, -0.1) is 0 Å². The van der Waals surface area contributed by atoms with E-state index in [4.69, 9.17) is 4.99 Å². The SMILES string of the molecule is CC(CN1CCCCC1)NC1=NC(c2ccccc2)CS1. The van der Waals surface area contributed by atoms with Crippen LogP contribution < -0.4 is 5.32 Å². The summed E-state index contributed by atoms with van der Waals surface area (Å²) >= 11 is 1.86. The van der Waals surface area contributed by atoms with Crippen molar-refractivity contribution >= 4 is 16.9 Å². The number of likely N-dealkylation sites (tertiary alicyclic amines) is 1. The van der Waals surface area contributed by atoms with Crippen LogP contribution in [0.25, 0.3) is 0 Å². The maximum atomic E-state index is 4.84. The van der Waals surface area contributed by atoms with Crippen LogP contribution in [-0.4, -0.2) is 41.5 Å². The molecule has 114 valence electrons. The highest BCUT2D eigenvalue weighted by atomic mass is 32.2. The van der Waals surface area contributed by atoms with Gasteiger partial charge in [0.15, 0.2) is 5.17 Å². The van der Waals surface area contributed by atoms with Gasteiger partial charge >= 0.3 is 0 Å². The zero-order valence-corrected chi connectivity index (χ0v) is 13.6. The zero-order valence-electron chi connectivity index (χ0n) is 12.8. The summed E-state index contributed by atoms with van der Waals surface area (Å²) in [5.74, 6) is 1.06. The molecule has 0 aliphatic carbocycles. The topological polar surface area (TPSA) is 27.6 Å². The van der Waals surface area contributed by atoms with Crippen LogP contribution in [0.1, 0.15) is 37.8 Å². The Kier molecular flexibility index (Phi) is 5.20. The molecule has 1 saturated heterocycles. The second-order valence-corrected chi connectivity index (χ2v) is 7.09. The molecule has 21 heavy (non-hydrogen) atoms. The molecule has 0 saturated carbocycles. The summed E-state index contributed by atoms with van der Waals surface area (Å²) in [6.07, 6.45) is 4.12. The summed E-state index contributed by atoms with van der Waals surface area (Å²) < 4.78 is 0. The molecule has 2 heterocycles. The molecule has 0 radical (unpaired) electrons. The normalized spacial score (nSPS) is 24.6. The van der Waals surface area contributed by atoms with E-state index in [0.717, 1.165) is 17.5 Å². The molecule has 3 nitrogen and oxygen atoms in total. The predicted octanol–water partition coefficient (Wildman–Crippen LogP) is 3.29. The third-order valence-electron chi connectivity index (χ3n) is 4.19. The summed E-state index contributed by atoms with van der Waals surface area (Å²) in [4.78, 5) is 7.42. The number of rotatable bonds is 4. The largest absolute Gasteiger partial charge is 0.361 e. The van der Waals surface area contributed by atoms with Crippen molar-refractivity contribution in [1.29, 1.82) is 0 Å². The number of amidine groups is 1. The van der Waals surface area contributed by atoms with Gasteiger partial charge < -0.3 is 10.2 Å². The number of nitrogens with zero attached hydrogens (tertiary/aromatic N) is 2. The summed E-state index contributed by atoms with van der Waals surface area (Å²) in [6, 6.07) is 11.4. The lowest BCUT2D eigenvalue weighted by Crippen LogP contribution is -2.42. The lowest BCUT2D eigenvalue weighted by molar-refractivity contribution is 0.215. The summed E-state index contributed by atoms with van der Waals surface area (Å²) in [7, 11) is 0. The van der Waals surface area contributed by atoms with E-state index in [0.29, 0.717) is 12.1 Å². The summed E-state index contributed by atoms with van der Waals surface area (Å²) in [6.45, 7) is 5.93. The molecule has 0 bridgehead atoms. The Morgan fingerprint density at radius 3 is 2.76 bits per heavy atom. The van der Waals surface area contributed by atoms with Gasteiger partial charge in [-0.3, -0.25) is 4.99 Å². The van der Waals surface area contributed by atoms with Crippen LogP contribution in [0.15, 0.2) is 35.3 Å². The standard InChI is InChI=1S/C17H25N3S/c1-14(12-20-10-6-3-7-11-20)18-17-19-16(13-21-17)15-8-4-2-5-9-15/h2,4-5,8-9,14,16H,3,6-7,10-13H2,1H3,(H,18,19). The maximum Gasteiger partial charge on any atom is 0.157 e. The van der Waals surface area contributed by atoms with E-state index in [9.17, 15) is 0 Å². The van der Waals surface area contributed by atoms with E-state index >= 15 is 0 Å². The third kappa shape index (κ3) is 4.24. The molecule has 1 aromatic rings. The Bertz CT molecular complexity index is 468. The number of hydrogen-bond acceptors (Lipinski definition) is 4. The smallest absolute Gasteiger partial charge is 0.157 e. The molecule has 2 aliphatic rings. The molecule has 4 heteroatoms. The second-order valence-electron chi connectivity index (χ2n) is 6.08. The Labute approximate surface area is 132 Å². The van der Waals surface area contributed by atoms with Crippen molar-refractivity contribution in [3.63, 3.8) is 0 Å². The quantitative estimate of drug-likeness (QED) is 0.925. The fourth-order valence-electron chi connectivity index (χ4n) is 3.08. The lowest BCUT2D eigenvalue weighted by Gasteiger charge is -2.29. The van der Waals surface area contributed by atoms with Gasteiger partial charge in [0.2, 0.25) is 0 Å². The molecule has 0 aromatic heterocycles. The minimum atomic E-state index is 0.320. The average Bonchev–Trinajstić information content (AvgIpc) is 2.97. The van der Waals surface area contributed by atoms with Gasteiger partial charge in [0.1, 0.15) is 0 Å². The van der Waals surface area contributed by atoms with Gasteiger partial charge in [-0.1, -0.05) is 48.5 Å². The van der Waals surface area contributed by atoms with E-state index < -0.39 is 0 Å². The van der Waals surface area contributed by atoms with Crippen LogP contribution in [0.5, 0.6) is 0 Å². The number of hydrogen-bond donors (Lipinski definition) is 1. The Balaban J connectivity index is 1.51. The van der Waals surface area contributed by atoms with Crippen molar-refractivity contribution < 1.29 is 0 Å². The van der Waals surface area contributed by atoms with E-state index in [1.54, 1.807) is 0 Å². The van der Waals surface area contributed by atoms with Crippen LogP contribution in [0, 0.1) is 0 Å². The number of thioether (sulfide) groups is 1. The fourth-order valence-corrected chi connectivity index (χ4v) is 4.15.